The molecule has 2 aromatic heterocycles. The molecule has 1 fully saturated rings. The van der Waals surface area contributed by atoms with Gasteiger partial charge in [-0.1, -0.05) is 0 Å². The summed E-state index contributed by atoms with van der Waals surface area (Å²) in [5.41, 5.74) is 1.85. The number of hydrogen-bond donors (Lipinski definition) is 2. The van der Waals surface area contributed by atoms with E-state index in [9.17, 15) is 9.59 Å². The zero-order valence-corrected chi connectivity index (χ0v) is 15.8. The summed E-state index contributed by atoms with van der Waals surface area (Å²) >= 11 is 1.54. The minimum Gasteiger partial charge on any atom is -0.317 e. The number of carbonyl (C=O) groups excluding carboxylic acids is 1. The molecule has 0 spiro atoms. The average Bonchev–Trinajstić information content (AvgIpc) is 3.04. The smallest absolute Gasteiger partial charge is 0.263 e. The molecule has 26 heavy (non-hydrogen) atoms. The van der Waals surface area contributed by atoms with Crippen molar-refractivity contribution in [2.45, 2.75) is 51.5 Å². The topological polar surface area (TPSA) is 76.0 Å². The van der Waals surface area contributed by atoms with E-state index in [-0.39, 0.29) is 23.1 Å². The van der Waals surface area contributed by atoms with Crippen LogP contribution in [0.2, 0.25) is 0 Å². The van der Waals surface area contributed by atoms with Crippen molar-refractivity contribution in [1.82, 2.24) is 14.9 Å². The largest absolute Gasteiger partial charge is 0.317 e. The summed E-state index contributed by atoms with van der Waals surface area (Å²) in [6.45, 7) is 3.62. The first-order valence-corrected chi connectivity index (χ1v) is 10.2. The summed E-state index contributed by atoms with van der Waals surface area (Å²) in [6.07, 6.45) is 7.99. The summed E-state index contributed by atoms with van der Waals surface area (Å²) in [7, 11) is 0. The number of amides is 1. The maximum absolute atomic E-state index is 13.0. The van der Waals surface area contributed by atoms with Crippen LogP contribution in [0, 0.1) is 6.92 Å². The molecule has 7 heteroatoms. The Morgan fingerprint density at radius 2 is 2.08 bits per heavy atom. The summed E-state index contributed by atoms with van der Waals surface area (Å²) < 4.78 is 1.73. The van der Waals surface area contributed by atoms with E-state index in [0.29, 0.717) is 10.7 Å². The van der Waals surface area contributed by atoms with Crippen molar-refractivity contribution in [1.29, 1.82) is 0 Å². The van der Waals surface area contributed by atoms with Crippen LogP contribution in [0.4, 0.5) is 5.13 Å². The molecule has 2 aliphatic rings. The van der Waals surface area contributed by atoms with Crippen LogP contribution in [0.25, 0.3) is 0 Å². The number of aromatic nitrogens is 2. The molecule has 0 bridgehead atoms. The normalized spacial score (nSPS) is 17.7. The number of thiazole rings is 1. The molecule has 3 heterocycles. The number of fused-ring (bicyclic) bond motifs is 1. The Morgan fingerprint density at radius 3 is 2.85 bits per heavy atom. The fourth-order valence-corrected chi connectivity index (χ4v) is 4.90. The molecule has 4 rings (SSSR count). The molecule has 0 aromatic carbocycles. The first-order valence-electron chi connectivity index (χ1n) is 9.36. The Labute approximate surface area is 156 Å². The third-order valence-electron chi connectivity index (χ3n) is 5.32. The predicted molar refractivity (Wildman–Crippen MR) is 103 cm³/mol. The number of nitrogens with zero attached hydrogens (tertiary/aromatic N) is 2. The molecule has 0 atom stereocenters. The quantitative estimate of drug-likeness (QED) is 0.869. The van der Waals surface area contributed by atoms with Crippen molar-refractivity contribution in [2.24, 2.45) is 0 Å². The van der Waals surface area contributed by atoms with Crippen LogP contribution in [0.1, 0.15) is 58.2 Å². The van der Waals surface area contributed by atoms with Gasteiger partial charge in [0.15, 0.2) is 5.13 Å². The zero-order valence-electron chi connectivity index (χ0n) is 15.0. The van der Waals surface area contributed by atoms with E-state index in [4.69, 9.17) is 0 Å². The van der Waals surface area contributed by atoms with E-state index >= 15 is 0 Å². The monoisotopic (exact) mass is 372 g/mol. The van der Waals surface area contributed by atoms with Crippen molar-refractivity contribution in [2.75, 3.05) is 18.4 Å². The third kappa shape index (κ3) is 3.33. The van der Waals surface area contributed by atoms with E-state index in [0.717, 1.165) is 50.9 Å². The van der Waals surface area contributed by atoms with Gasteiger partial charge >= 0.3 is 0 Å². The predicted octanol–water partition coefficient (Wildman–Crippen LogP) is 2.67. The standard InChI is InChI=1S/C19H24N4O2S/c1-12-8-11-23(13-6-9-20-10-7-13)18(25)16(12)17(24)22-19-21-14-4-2-3-5-15(14)26-19/h8,11,13,20H,2-7,9-10H2,1H3,(H,21,22,24). The van der Waals surface area contributed by atoms with Gasteiger partial charge in [-0.15, -0.1) is 11.3 Å². The van der Waals surface area contributed by atoms with Crippen LogP contribution in [0.3, 0.4) is 0 Å². The van der Waals surface area contributed by atoms with Gasteiger partial charge in [0, 0.05) is 17.1 Å². The highest BCUT2D eigenvalue weighted by Crippen LogP contribution is 2.29. The van der Waals surface area contributed by atoms with Gasteiger partial charge in [-0.2, -0.15) is 0 Å². The van der Waals surface area contributed by atoms with Crippen LogP contribution in [0.5, 0.6) is 0 Å². The van der Waals surface area contributed by atoms with Crippen molar-refractivity contribution in [3.8, 4) is 0 Å². The molecule has 0 saturated carbocycles. The van der Waals surface area contributed by atoms with Crippen molar-refractivity contribution < 1.29 is 4.79 Å². The molecule has 2 aromatic rings. The van der Waals surface area contributed by atoms with Crippen molar-refractivity contribution in [3.05, 3.63) is 44.3 Å². The molecular formula is C19H24N4O2S. The average molecular weight is 372 g/mol. The molecule has 1 amide bonds. The lowest BCUT2D eigenvalue weighted by atomic mass is 10.0. The van der Waals surface area contributed by atoms with Gasteiger partial charge in [0.25, 0.3) is 11.5 Å². The van der Waals surface area contributed by atoms with E-state index in [1.165, 1.54) is 11.3 Å². The number of nitrogens with one attached hydrogen (secondary N) is 2. The zero-order chi connectivity index (χ0) is 18.1. The summed E-state index contributed by atoms with van der Waals surface area (Å²) in [6, 6.07) is 2.02. The van der Waals surface area contributed by atoms with Gasteiger partial charge in [0.1, 0.15) is 5.56 Å². The minimum atomic E-state index is -0.345. The fraction of sp³-hybridized carbons (Fsp3) is 0.526. The van der Waals surface area contributed by atoms with Crippen LogP contribution in [0.15, 0.2) is 17.1 Å². The number of pyridine rings is 1. The van der Waals surface area contributed by atoms with Gasteiger partial charge in [-0.25, -0.2) is 4.98 Å². The van der Waals surface area contributed by atoms with Crippen molar-refractivity contribution >= 4 is 22.4 Å². The molecule has 6 nitrogen and oxygen atoms in total. The highest BCUT2D eigenvalue weighted by molar-refractivity contribution is 7.15. The first kappa shape index (κ1) is 17.4. The molecular weight excluding hydrogens is 348 g/mol. The maximum atomic E-state index is 13.0. The molecule has 0 unspecified atom stereocenters. The Balaban J connectivity index is 1.60. The second-order valence-electron chi connectivity index (χ2n) is 7.12. The van der Waals surface area contributed by atoms with Crippen LogP contribution >= 0.6 is 11.3 Å². The minimum absolute atomic E-state index is 0.156. The van der Waals surface area contributed by atoms with Crippen LogP contribution < -0.4 is 16.2 Å². The van der Waals surface area contributed by atoms with Gasteiger partial charge in [-0.05, 0) is 70.2 Å². The first-order chi connectivity index (χ1) is 12.6. The molecule has 1 saturated heterocycles. The summed E-state index contributed by atoms with van der Waals surface area (Å²) in [4.78, 5) is 31.6. The fourth-order valence-electron chi connectivity index (χ4n) is 3.85. The second-order valence-corrected chi connectivity index (χ2v) is 8.20. The Kier molecular flexibility index (Phi) is 4.91. The van der Waals surface area contributed by atoms with Crippen LogP contribution in [-0.4, -0.2) is 28.5 Å². The molecule has 1 aliphatic carbocycles. The van der Waals surface area contributed by atoms with E-state index in [1.54, 1.807) is 15.9 Å². The lowest BCUT2D eigenvalue weighted by molar-refractivity contribution is 0.102. The van der Waals surface area contributed by atoms with Gasteiger partial charge in [0.2, 0.25) is 0 Å². The Morgan fingerprint density at radius 1 is 1.31 bits per heavy atom. The van der Waals surface area contributed by atoms with E-state index in [1.807, 2.05) is 19.2 Å². The van der Waals surface area contributed by atoms with Crippen molar-refractivity contribution in [3.63, 3.8) is 0 Å². The number of hydrogen-bond acceptors (Lipinski definition) is 5. The maximum Gasteiger partial charge on any atom is 0.263 e. The lowest BCUT2D eigenvalue weighted by Crippen LogP contribution is -2.37. The molecule has 1 aliphatic heterocycles. The summed E-state index contributed by atoms with van der Waals surface area (Å²) in [5, 5.41) is 6.79. The molecule has 2 N–H and O–H groups in total. The number of rotatable bonds is 3. The molecule has 0 radical (unpaired) electrons. The highest BCUT2D eigenvalue weighted by Gasteiger charge is 2.23. The Bertz CT molecular complexity index is 857. The number of aryl methyl sites for hydroxylation is 3. The number of anilines is 1. The van der Waals surface area contributed by atoms with E-state index in [2.05, 4.69) is 15.6 Å². The second kappa shape index (κ2) is 7.32. The lowest BCUT2D eigenvalue weighted by Gasteiger charge is -2.25. The highest BCUT2D eigenvalue weighted by atomic mass is 32.1. The third-order valence-corrected chi connectivity index (χ3v) is 6.40. The SMILES string of the molecule is Cc1ccn(C2CCNCC2)c(=O)c1C(=O)Nc1nc2c(s1)CCCC2. The van der Waals surface area contributed by atoms with E-state index < -0.39 is 0 Å². The molecule has 138 valence electrons. The number of carbonyl (C=O) groups is 1. The van der Waals surface area contributed by atoms with Gasteiger partial charge in [0.05, 0.1) is 5.69 Å². The van der Waals surface area contributed by atoms with Crippen LogP contribution in [-0.2, 0) is 12.8 Å². The van der Waals surface area contributed by atoms with Gasteiger partial charge < -0.3 is 9.88 Å². The Hall–Kier alpha value is -1.99. The summed E-state index contributed by atoms with van der Waals surface area (Å²) in [5.74, 6) is -0.345. The van der Waals surface area contributed by atoms with Gasteiger partial charge in [-0.3, -0.25) is 14.9 Å². The number of piperidine rings is 1.